The van der Waals surface area contributed by atoms with Gasteiger partial charge in [0.05, 0.1) is 30.7 Å². The number of nitrogen functional groups attached to an aromatic ring is 2. The highest BCUT2D eigenvalue weighted by Gasteiger charge is 2.21. The largest absolute Gasteiger partial charge is 0.395 e. The van der Waals surface area contributed by atoms with Gasteiger partial charge in [0.2, 0.25) is 0 Å². The summed E-state index contributed by atoms with van der Waals surface area (Å²) < 4.78 is 6.63. The van der Waals surface area contributed by atoms with Gasteiger partial charge in [0, 0.05) is 32.5 Å². The van der Waals surface area contributed by atoms with E-state index in [-0.39, 0.29) is 5.82 Å². The van der Waals surface area contributed by atoms with Gasteiger partial charge in [0.1, 0.15) is 29.3 Å². The standard InChI is InChI=1S/C12H17N5O.C8H6N6/c1-8-9(7-13)12(16-11(15-2)10(8)14)17-3-5-18-6-4-17;9-4-6-5-13-14(7(6)10)8-11-2-1-3-12-8/h3-6,14H2,1-2H3,(H,15,16);1-3,5H,10H2. The molecule has 0 bridgehead atoms. The Morgan fingerprint density at radius 3 is 2.38 bits per heavy atom. The Kier molecular flexibility index (Phi) is 7.00. The Hall–Kier alpha value is -4.42. The first-order valence-electron chi connectivity index (χ1n) is 9.73. The van der Waals surface area contributed by atoms with Gasteiger partial charge in [-0.05, 0) is 18.6 Å². The maximum Gasteiger partial charge on any atom is 0.252 e. The average molecular weight is 433 g/mol. The van der Waals surface area contributed by atoms with Crippen molar-refractivity contribution in [2.45, 2.75) is 6.92 Å². The van der Waals surface area contributed by atoms with E-state index in [1.165, 1.54) is 10.9 Å². The van der Waals surface area contributed by atoms with Crippen LogP contribution in [0.5, 0.6) is 0 Å². The molecule has 1 aliphatic heterocycles. The van der Waals surface area contributed by atoms with E-state index >= 15 is 0 Å². The fourth-order valence-corrected chi connectivity index (χ4v) is 3.03. The first kappa shape index (κ1) is 22.3. The van der Waals surface area contributed by atoms with Gasteiger partial charge in [0.25, 0.3) is 5.95 Å². The van der Waals surface area contributed by atoms with E-state index in [1.807, 2.05) is 13.0 Å². The quantitative estimate of drug-likeness (QED) is 0.532. The number of anilines is 4. The van der Waals surface area contributed by atoms with E-state index in [0.717, 1.165) is 18.7 Å². The van der Waals surface area contributed by atoms with Gasteiger partial charge in [0.15, 0.2) is 5.82 Å². The lowest BCUT2D eigenvalue weighted by Gasteiger charge is -2.29. The Bertz CT molecular complexity index is 1160. The van der Waals surface area contributed by atoms with Crippen LogP contribution >= 0.6 is 0 Å². The number of nitrogens with two attached hydrogens (primary N) is 2. The van der Waals surface area contributed by atoms with Gasteiger partial charge in [-0.3, -0.25) is 0 Å². The second-order valence-corrected chi connectivity index (χ2v) is 6.67. The molecule has 4 rings (SSSR count). The van der Waals surface area contributed by atoms with Crippen molar-refractivity contribution in [3.8, 4) is 18.1 Å². The Balaban J connectivity index is 0.000000186. The summed E-state index contributed by atoms with van der Waals surface area (Å²) in [6.07, 6.45) is 4.54. The monoisotopic (exact) mass is 433 g/mol. The Morgan fingerprint density at radius 2 is 1.81 bits per heavy atom. The van der Waals surface area contributed by atoms with Crippen LogP contribution in [-0.2, 0) is 4.74 Å². The number of nitrogens with one attached hydrogen (secondary N) is 1. The molecule has 1 fully saturated rings. The molecule has 3 aromatic heterocycles. The number of pyridine rings is 1. The van der Waals surface area contributed by atoms with Crippen molar-refractivity contribution in [1.82, 2.24) is 24.7 Å². The fourth-order valence-electron chi connectivity index (χ4n) is 3.03. The zero-order valence-electron chi connectivity index (χ0n) is 17.8. The van der Waals surface area contributed by atoms with Crippen LogP contribution in [0.4, 0.5) is 23.1 Å². The maximum absolute atomic E-state index is 9.29. The topological polar surface area (TPSA) is 181 Å². The zero-order chi connectivity index (χ0) is 23.1. The third-order valence-corrected chi connectivity index (χ3v) is 4.80. The summed E-state index contributed by atoms with van der Waals surface area (Å²) in [6, 6.07) is 5.81. The van der Waals surface area contributed by atoms with Crippen molar-refractivity contribution in [2.75, 3.05) is 55.0 Å². The normalized spacial score (nSPS) is 12.8. The minimum Gasteiger partial charge on any atom is -0.395 e. The van der Waals surface area contributed by atoms with Crippen molar-refractivity contribution >= 4 is 23.1 Å². The smallest absolute Gasteiger partial charge is 0.252 e. The number of ether oxygens (including phenoxy) is 1. The first-order valence-corrected chi connectivity index (χ1v) is 9.73. The van der Waals surface area contributed by atoms with Gasteiger partial charge < -0.3 is 26.4 Å². The molecule has 4 heterocycles. The third kappa shape index (κ3) is 4.50. The lowest BCUT2D eigenvalue weighted by molar-refractivity contribution is 0.122. The maximum atomic E-state index is 9.29. The number of nitriles is 2. The van der Waals surface area contributed by atoms with Gasteiger partial charge >= 0.3 is 0 Å². The molecule has 0 saturated carbocycles. The molecule has 0 aromatic carbocycles. The highest BCUT2D eigenvalue weighted by molar-refractivity contribution is 5.75. The van der Waals surface area contributed by atoms with Crippen molar-refractivity contribution in [3.63, 3.8) is 0 Å². The molecule has 5 N–H and O–H groups in total. The molecule has 164 valence electrons. The average Bonchev–Trinajstić information content (AvgIpc) is 3.22. The molecule has 1 saturated heterocycles. The van der Waals surface area contributed by atoms with E-state index in [2.05, 4.69) is 36.3 Å². The molecule has 3 aromatic rings. The Labute approximate surface area is 185 Å². The molecule has 0 amide bonds. The van der Waals surface area contributed by atoms with Gasteiger partial charge in [-0.15, -0.1) is 0 Å². The lowest BCUT2D eigenvalue weighted by atomic mass is 10.1. The van der Waals surface area contributed by atoms with Crippen molar-refractivity contribution in [3.05, 3.63) is 41.3 Å². The summed E-state index contributed by atoms with van der Waals surface area (Å²) in [5.74, 6) is 1.91. The SMILES string of the molecule is CNc1nc(N2CCOCC2)c(C#N)c(C)c1N.N#Cc1cnn(-c2ncccn2)c1N. The number of aromatic nitrogens is 5. The summed E-state index contributed by atoms with van der Waals surface area (Å²) in [5, 5.41) is 24.8. The predicted octanol–water partition coefficient (Wildman–Crippen LogP) is 0.838. The summed E-state index contributed by atoms with van der Waals surface area (Å²) >= 11 is 0. The third-order valence-electron chi connectivity index (χ3n) is 4.80. The van der Waals surface area contributed by atoms with E-state index in [1.54, 1.807) is 25.5 Å². The van der Waals surface area contributed by atoms with Crippen LogP contribution in [-0.4, -0.2) is 58.1 Å². The Morgan fingerprint density at radius 1 is 1.12 bits per heavy atom. The van der Waals surface area contributed by atoms with Gasteiger partial charge in [-0.1, -0.05) is 0 Å². The van der Waals surface area contributed by atoms with Crippen LogP contribution in [0, 0.1) is 29.6 Å². The number of rotatable bonds is 3. The molecular weight excluding hydrogens is 410 g/mol. The summed E-state index contributed by atoms with van der Waals surface area (Å²) in [5.41, 5.74) is 13.8. The molecule has 0 atom stereocenters. The van der Waals surface area contributed by atoms with Crippen LogP contribution in [0.25, 0.3) is 5.95 Å². The minimum atomic E-state index is 0.249. The van der Waals surface area contributed by atoms with Gasteiger partial charge in [-0.25, -0.2) is 15.0 Å². The van der Waals surface area contributed by atoms with Crippen LogP contribution in [0.2, 0.25) is 0 Å². The molecular formula is C20H23N11O. The van der Waals surface area contributed by atoms with Crippen molar-refractivity contribution < 1.29 is 4.74 Å². The molecule has 0 unspecified atom stereocenters. The molecule has 0 aliphatic carbocycles. The van der Waals surface area contributed by atoms with Crippen LogP contribution < -0.4 is 21.7 Å². The summed E-state index contributed by atoms with van der Waals surface area (Å²) in [7, 11) is 1.77. The summed E-state index contributed by atoms with van der Waals surface area (Å²) in [6.45, 7) is 4.65. The number of hydrogen-bond acceptors (Lipinski definition) is 11. The molecule has 1 aliphatic rings. The highest BCUT2D eigenvalue weighted by atomic mass is 16.5. The van der Waals surface area contributed by atoms with E-state index < -0.39 is 0 Å². The lowest BCUT2D eigenvalue weighted by Crippen LogP contribution is -2.37. The molecule has 12 nitrogen and oxygen atoms in total. The fraction of sp³-hybridized carbons (Fsp3) is 0.300. The summed E-state index contributed by atoms with van der Waals surface area (Å²) in [4.78, 5) is 14.4. The zero-order valence-corrected chi connectivity index (χ0v) is 17.8. The van der Waals surface area contributed by atoms with Crippen LogP contribution in [0.1, 0.15) is 16.7 Å². The molecule has 12 heteroatoms. The molecule has 0 spiro atoms. The van der Waals surface area contributed by atoms with Gasteiger partial charge in [-0.2, -0.15) is 20.3 Å². The van der Waals surface area contributed by atoms with E-state index in [4.69, 9.17) is 21.5 Å². The number of nitrogens with zero attached hydrogens (tertiary/aromatic N) is 8. The predicted molar refractivity (Wildman–Crippen MR) is 119 cm³/mol. The van der Waals surface area contributed by atoms with Crippen molar-refractivity contribution in [2.24, 2.45) is 0 Å². The second kappa shape index (κ2) is 10.1. The van der Waals surface area contributed by atoms with Crippen LogP contribution in [0.15, 0.2) is 24.7 Å². The van der Waals surface area contributed by atoms with E-state index in [9.17, 15) is 5.26 Å². The van der Waals surface area contributed by atoms with Crippen molar-refractivity contribution in [1.29, 1.82) is 10.5 Å². The first-order chi connectivity index (χ1) is 15.5. The second-order valence-electron chi connectivity index (χ2n) is 6.67. The number of hydrogen-bond donors (Lipinski definition) is 3. The van der Waals surface area contributed by atoms with Crippen LogP contribution in [0.3, 0.4) is 0 Å². The molecule has 0 radical (unpaired) electrons. The van der Waals surface area contributed by atoms with E-state index in [0.29, 0.717) is 47.6 Å². The highest BCUT2D eigenvalue weighted by Crippen LogP contribution is 2.30. The minimum absolute atomic E-state index is 0.249. The molecule has 32 heavy (non-hydrogen) atoms. The number of morpholine rings is 1.